The molecule has 0 bridgehead atoms. The Balaban J connectivity index is 1.84. The lowest BCUT2D eigenvalue weighted by molar-refractivity contribution is 0.0689. The second-order valence-corrected chi connectivity index (χ2v) is 5.19. The van der Waals surface area contributed by atoms with Gasteiger partial charge < -0.3 is 15.3 Å². The molecule has 1 fully saturated rings. The predicted molar refractivity (Wildman–Crippen MR) is 73.8 cm³/mol. The summed E-state index contributed by atoms with van der Waals surface area (Å²) in [6.07, 6.45) is 3.48. The summed E-state index contributed by atoms with van der Waals surface area (Å²) in [5, 5.41) is 11.6. The quantitative estimate of drug-likeness (QED) is 0.852. The molecule has 1 amide bonds. The van der Waals surface area contributed by atoms with Gasteiger partial charge in [0.15, 0.2) is 0 Å². The van der Waals surface area contributed by atoms with Crippen molar-refractivity contribution in [1.29, 1.82) is 0 Å². The van der Waals surface area contributed by atoms with Gasteiger partial charge in [-0.05, 0) is 51.0 Å². The molecule has 6 nitrogen and oxygen atoms in total. The third kappa shape index (κ3) is 3.77. The highest BCUT2D eigenvalue weighted by atomic mass is 16.4. The van der Waals surface area contributed by atoms with Gasteiger partial charge in [0, 0.05) is 12.7 Å². The number of carbonyl (C=O) groups excluding carboxylic acids is 1. The highest BCUT2D eigenvalue weighted by molar-refractivity contribution is 5.94. The van der Waals surface area contributed by atoms with Crippen LogP contribution < -0.4 is 5.32 Å². The molecule has 0 aliphatic carbocycles. The molecule has 1 aliphatic rings. The van der Waals surface area contributed by atoms with Crippen LogP contribution in [0, 0.1) is 5.92 Å². The van der Waals surface area contributed by atoms with Crippen LogP contribution in [0.2, 0.25) is 0 Å². The highest BCUT2D eigenvalue weighted by Gasteiger charge is 2.17. The summed E-state index contributed by atoms with van der Waals surface area (Å²) in [5.74, 6) is -0.780. The molecule has 108 valence electrons. The Labute approximate surface area is 117 Å². The summed E-state index contributed by atoms with van der Waals surface area (Å²) in [5.41, 5.74) is 0.333. The molecule has 0 radical (unpaired) electrons. The Hall–Kier alpha value is -1.95. The minimum atomic E-state index is -1.09. The molecule has 2 rings (SSSR count). The van der Waals surface area contributed by atoms with Crippen LogP contribution in [0.5, 0.6) is 0 Å². The molecule has 2 heterocycles. The number of aromatic nitrogens is 1. The lowest BCUT2D eigenvalue weighted by Crippen LogP contribution is -2.36. The van der Waals surface area contributed by atoms with Crippen molar-refractivity contribution < 1.29 is 14.7 Å². The van der Waals surface area contributed by atoms with Crippen LogP contribution in [0.4, 0.5) is 0 Å². The number of carboxylic acids is 1. The van der Waals surface area contributed by atoms with E-state index in [2.05, 4.69) is 22.2 Å². The largest absolute Gasteiger partial charge is 0.477 e. The highest BCUT2D eigenvalue weighted by Crippen LogP contribution is 2.14. The molecule has 1 saturated heterocycles. The summed E-state index contributed by atoms with van der Waals surface area (Å²) in [7, 11) is 2.10. The number of nitrogens with one attached hydrogen (secondary N) is 1. The van der Waals surface area contributed by atoms with Crippen LogP contribution in [0.1, 0.15) is 33.7 Å². The van der Waals surface area contributed by atoms with E-state index < -0.39 is 5.97 Å². The third-order valence-electron chi connectivity index (χ3n) is 3.63. The molecule has 0 aromatic carbocycles. The zero-order valence-corrected chi connectivity index (χ0v) is 11.5. The number of nitrogens with zero attached hydrogens (tertiary/aromatic N) is 2. The zero-order chi connectivity index (χ0) is 14.5. The number of carbonyl (C=O) groups is 2. The number of likely N-dealkylation sites (tertiary alicyclic amines) is 1. The minimum Gasteiger partial charge on any atom is -0.477 e. The molecule has 0 unspecified atom stereocenters. The Morgan fingerprint density at radius 2 is 2.10 bits per heavy atom. The van der Waals surface area contributed by atoms with E-state index in [0.29, 0.717) is 18.0 Å². The Kier molecular flexibility index (Phi) is 4.68. The number of hydrogen-bond donors (Lipinski definition) is 2. The first-order valence-corrected chi connectivity index (χ1v) is 6.72. The van der Waals surface area contributed by atoms with Gasteiger partial charge >= 0.3 is 5.97 Å². The first kappa shape index (κ1) is 14.5. The van der Waals surface area contributed by atoms with Gasteiger partial charge in [0.05, 0.1) is 5.56 Å². The van der Waals surface area contributed by atoms with Crippen molar-refractivity contribution in [3.05, 3.63) is 29.6 Å². The molecule has 20 heavy (non-hydrogen) atoms. The van der Waals surface area contributed by atoms with E-state index in [0.717, 1.165) is 25.9 Å². The fourth-order valence-corrected chi connectivity index (χ4v) is 2.26. The van der Waals surface area contributed by atoms with Crippen molar-refractivity contribution in [2.45, 2.75) is 12.8 Å². The van der Waals surface area contributed by atoms with Crippen molar-refractivity contribution in [2.24, 2.45) is 5.92 Å². The maximum absolute atomic E-state index is 11.9. The van der Waals surface area contributed by atoms with Crippen molar-refractivity contribution in [2.75, 3.05) is 26.7 Å². The molecule has 1 aromatic rings. The molecule has 2 N–H and O–H groups in total. The van der Waals surface area contributed by atoms with Gasteiger partial charge in [-0.1, -0.05) is 0 Å². The second kappa shape index (κ2) is 6.47. The maximum Gasteiger partial charge on any atom is 0.354 e. The molecule has 6 heteroatoms. The number of hydrogen-bond acceptors (Lipinski definition) is 4. The molecule has 0 atom stereocenters. The van der Waals surface area contributed by atoms with Crippen LogP contribution in [-0.4, -0.2) is 53.5 Å². The van der Waals surface area contributed by atoms with E-state index in [-0.39, 0.29) is 11.6 Å². The average molecular weight is 277 g/mol. The average Bonchev–Trinajstić information content (AvgIpc) is 2.46. The van der Waals surface area contributed by atoms with E-state index in [1.165, 1.54) is 18.3 Å². The van der Waals surface area contributed by atoms with Gasteiger partial charge in [0.2, 0.25) is 0 Å². The first-order chi connectivity index (χ1) is 9.56. The smallest absolute Gasteiger partial charge is 0.354 e. The standard InChI is InChI=1S/C14H19N3O3/c1-17-6-4-10(5-7-17)8-16-13(18)11-2-3-12(14(19)20)15-9-11/h2-3,9-10H,4-8H2,1H3,(H,16,18)(H,19,20). The Morgan fingerprint density at radius 1 is 1.40 bits per heavy atom. The monoisotopic (exact) mass is 277 g/mol. The van der Waals surface area contributed by atoms with Crippen LogP contribution in [0.25, 0.3) is 0 Å². The summed E-state index contributed by atoms with van der Waals surface area (Å²) in [6, 6.07) is 2.83. The van der Waals surface area contributed by atoms with E-state index in [1.807, 2.05) is 0 Å². The van der Waals surface area contributed by atoms with E-state index in [1.54, 1.807) is 0 Å². The topological polar surface area (TPSA) is 82.5 Å². The van der Waals surface area contributed by atoms with Gasteiger partial charge in [-0.2, -0.15) is 0 Å². The number of aromatic carboxylic acids is 1. The van der Waals surface area contributed by atoms with Gasteiger partial charge in [-0.25, -0.2) is 9.78 Å². The van der Waals surface area contributed by atoms with Crippen LogP contribution >= 0.6 is 0 Å². The van der Waals surface area contributed by atoms with Gasteiger partial charge in [-0.15, -0.1) is 0 Å². The van der Waals surface area contributed by atoms with Gasteiger partial charge in [0.1, 0.15) is 5.69 Å². The van der Waals surface area contributed by atoms with Crippen LogP contribution in [0.15, 0.2) is 18.3 Å². The first-order valence-electron chi connectivity index (χ1n) is 6.72. The van der Waals surface area contributed by atoms with Crippen LogP contribution in [-0.2, 0) is 0 Å². The van der Waals surface area contributed by atoms with E-state index in [9.17, 15) is 9.59 Å². The van der Waals surface area contributed by atoms with Crippen molar-refractivity contribution in [3.63, 3.8) is 0 Å². The summed E-state index contributed by atoms with van der Waals surface area (Å²) < 4.78 is 0. The van der Waals surface area contributed by atoms with E-state index >= 15 is 0 Å². The second-order valence-electron chi connectivity index (χ2n) is 5.19. The van der Waals surface area contributed by atoms with Gasteiger partial charge in [-0.3, -0.25) is 4.79 Å². The van der Waals surface area contributed by atoms with Crippen molar-refractivity contribution in [3.8, 4) is 0 Å². The normalized spacial score (nSPS) is 16.9. The van der Waals surface area contributed by atoms with Crippen molar-refractivity contribution >= 4 is 11.9 Å². The minimum absolute atomic E-state index is 0.0585. The van der Waals surface area contributed by atoms with Gasteiger partial charge in [0.25, 0.3) is 5.91 Å². The fraction of sp³-hybridized carbons (Fsp3) is 0.500. The molecular weight excluding hydrogens is 258 g/mol. The maximum atomic E-state index is 11.9. The molecule has 1 aromatic heterocycles. The SMILES string of the molecule is CN1CCC(CNC(=O)c2ccc(C(=O)O)nc2)CC1. The predicted octanol–water partition coefficient (Wildman–Crippen LogP) is 0.851. The summed E-state index contributed by atoms with van der Waals surface area (Å²) >= 11 is 0. The number of carboxylic acid groups (broad SMARTS) is 1. The summed E-state index contributed by atoms with van der Waals surface area (Å²) in [6.45, 7) is 2.79. The lowest BCUT2D eigenvalue weighted by Gasteiger charge is -2.28. The number of pyridine rings is 1. The summed E-state index contributed by atoms with van der Waals surface area (Å²) in [4.78, 5) is 28.6. The Morgan fingerprint density at radius 3 is 2.65 bits per heavy atom. The molecular formula is C14H19N3O3. The number of rotatable bonds is 4. The molecule has 0 spiro atoms. The lowest BCUT2D eigenvalue weighted by atomic mass is 9.97. The third-order valence-corrected chi connectivity index (χ3v) is 3.63. The van der Waals surface area contributed by atoms with Crippen LogP contribution in [0.3, 0.4) is 0 Å². The zero-order valence-electron chi connectivity index (χ0n) is 11.5. The molecule has 1 aliphatic heterocycles. The molecule has 0 saturated carbocycles. The number of piperidine rings is 1. The fourth-order valence-electron chi connectivity index (χ4n) is 2.26. The van der Waals surface area contributed by atoms with Crippen molar-refractivity contribution in [1.82, 2.24) is 15.2 Å². The number of amides is 1. The van der Waals surface area contributed by atoms with E-state index in [4.69, 9.17) is 5.11 Å². The Bertz CT molecular complexity index is 479.